The number of ether oxygens (including phenoxy) is 2. The summed E-state index contributed by atoms with van der Waals surface area (Å²) >= 11 is 3.11. The smallest absolute Gasteiger partial charge is 0.404 e. The molecule has 9 nitrogen and oxygen atoms in total. The van der Waals surface area contributed by atoms with Gasteiger partial charge in [-0.1, -0.05) is 0 Å². The number of amides is 2. The lowest BCUT2D eigenvalue weighted by Gasteiger charge is -2.26. The van der Waals surface area contributed by atoms with Gasteiger partial charge in [0.2, 0.25) is 5.91 Å². The minimum atomic E-state index is -4.97. The number of halogens is 4. The third-order valence-electron chi connectivity index (χ3n) is 4.09. The molecule has 0 unspecified atom stereocenters. The van der Waals surface area contributed by atoms with Crippen molar-refractivity contribution in [3.8, 4) is 5.75 Å². The van der Waals surface area contributed by atoms with Gasteiger partial charge in [0, 0.05) is 18.7 Å². The van der Waals surface area contributed by atoms with Gasteiger partial charge in [-0.15, -0.1) is 23.4 Å². The van der Waals surface area contributed by atoms with Crippen molar-refractivity contribution in [2.45, 2.75) is 6.36 Å². The van der Waals surface area contributed by atoms with Crippen molar-refractivity contribution in [3.05, 3.63) is 40.5 Å². The van der Waals surface area contributed by atoms with Crippen molar-refractivity contribution in [1.82, 2.24) is 15.1 Å². The van der Waals surface area contributed by atoms with Crippen molar-refractivity contribution in [2.24, 2.45) is 0 Å². The number of carbonyl (C=O) groups excluding carboxylic acids is 2. The maximum absolute atomic E-state index is 12.8. The fraction of sp³-hybridized carbons (Fsp3) is 0.333. The summed E-state index contributed by atoms with van der Waals surface area (Å²) in [6, 6.07) is 6.24. The number of alkyl halides is 3. The van der Waals surface area contributed by atoms with E-state index in [9.17, 15) is 22.8 Å². The molecular formula is C18H17BrF3N5O4. The number of rotatable bonds is 6. The molecule has 0 bridgehead atoms. The van der Waals surface area contributed by atoms with E-state index in [0.717, 1.165) is 18.2 Å². The van der Waals surface area contributed by atoms with Crippen LogP contribution in [0.3, 0.4) is 0 Å². The first-order valence-electron chi connectivity index (χ1n) is 9.00. The molecule has 1 aromatic carbocycles. The van der Waals surface area contributed by atoms with Crippen LogP contribution in [0, 0.1) is 0 Å². The van der Waals surface area contributed by atoms with Crippen molar-refractivity contribution in [3.63, 3.8) is 0 Å². The van der Waals surface area contributed by atoms with Crippen LogP contribution in [0.2, 0.25) is 0 Å². The van der Waals surface area contributed by atoms with E-state index in [2.05, 4.69) is 41.5 Å². The van der Waals surface area contributed by atoms with Gasteiger partial charge in [0.1, 0.15) is 4.60 Å². The minimum absolute atomic E-state index is 0.0130. The summed E-state index contributed by atoms with van der Waals surface area (Å²) in [6.07, 6.45) is -4.97. The Labute approximate surface area is 183 Å². The highest BCUT2D eigenvalue weighted by atomic mass is 79.9. The standard InChI is InChI=1S/C18H17BrF3N5O4/c19-14-3-4-15(26-25-14)24-17(29)11-1-2-13(31-18(20,21)22)12(9-11)23-16(28)10-27-5-7-30-8-6-27/h1-4,9H,5-8,10H2,(H,23,28)(H,24,26,29). The molecule has 0 saturated carbocycles. The van der Waals surface area contributed by atoms with Crippen LogP contribution in [0.1, 0.15) is 10.4 Å². The first-order valence-corrected chi connectivity index (χ1v) is 9.79. The Morgan fingerprint density at radius 3 is 2.52 bits per heavy atom. The summed E-state index contributed by atoms with van der Waals surface area (Å²) in [5.41, 5.74) is -0.300. The van der Waals surface area contributed by atoms with Crippen LogP contribution >= 0.6 is 15.9 Å². The first kappa shape index (κ1) is 22.9. The number of anilines is 2. The van der Waals surface area contributed by atoms with E-state index in [1.807, 2.05) is 0 Å². The lowest BCUT2D eigenvalue weighted by atomic mass is 10.1. The Balaban J connectivity index is 1.77. The Bertz CT molecular complexity index is 937. The number of nitrogens with zero attached hydrogens (tertiary/aromatic N) is 3. The van der Waals surface area contributed by atoms with Crippen LogP contribution in [0.4, 0.5) is 24.7 Å². The van der Waals surface area contributed by atoms with Gasteiger partial charge in [-0.3, -0.25) is 14.5 Å². The number of morpholine rings is 1. The predicted molar refractivity (Wildman–Crippen MR) is 107 cm³/mol. The molecule has 0 atom stereocenters. The van der Waals surface area contributed by atoms with E-state index in [4.69, 9.17) is 4.74 Å². The third kappa shape index (κ3) is 7.15. The molecule has 1 fully saturated rings. The molecule has 0 spiro atoms. The van der Waals surface area contributed by atoms with E-state index in [1.54, 1.807) is 11.0 Å². The zero-order chi connectivity index (χ0) is 22.4. The highest BCUT2D eigenvalue weighted by Crippen LogP contribution is 2.31. The highest BCUT2D eigenvalue weighted by molar-refractivity contribution is 9.10. The SMILES string of the molecule is O=C(CN1CCOCC1)Nc1cc(C(=O)Nc2ccc(Br)nn2)ccc1OC(F)(F)F. The zero-order valence-corrected chi connectivity index (χ0v) is 17.5. The number of hydrogen-bond donors (Lipinski definition) is 2. The summed E-state index contributed by atoms with van der Waals surface area (Å²) in [4.78, 5) is 26.6. The van der Waals surface area contributed by atoms with Gasteiger partial charge in [0.25, 0.3) is 5.91 Å². The van der Waals surface area contributed by atoms with E-state index in [-0.39, 0.29) is 23.6 Å². The Hall–Kier alpha value is -2.77. The summed E-state index contributed by atoms with van der Waals surface area (Å²) in [5.74, 6) is -1.70. The van der Waals surface area contributed by atoms with E-state index in [0.29, 0.717) is 30.9 Å². The summed E-state index contributed by atoms with van der Waals surface area (Å²) in [6.45, 7) is 1.93. The Morgan fingerprint density at radius 2 is 1.87 bits per heavy atom. The normalized spacial score (nSPS) is 14.7. The molecule has 166 valence electrons. The van der Waals surface area contributed by atoms with Gasteiger partial charge in [0.05, 0.1) is 25.4 Å². The molecule has 13 heteroatoms. The highest BCUT2D eigenvalue weighted by Gasteiger charge is 2.32. The molecule has 1 aliphatic rings. The fourth-order valence-corrected chi connectivity index (χ4v) is 2.92. The van der Waals surface area contributed by atoms with Gasteiger partial charge >= 0.3 is 6.36 Å². The molecule has 31 heavy (non-hydrogen) atoms. The van der Waals surface area contributed by atoms with Crippen molar-refractivity contribution < 1.29 is 32.2 Å². The monoisotopic (exact) mass is 503 g/mol. The van der Waals surface area contributed by atoms with Gasteiger partial charge in [-0.05, 0) is 46.3 Å². The van der Waals surface area contributed by atoms with Gasteiger partial charge in [-0.2, -0.15) is 0 Å². The number of hydrogen-bond acceptors (Lipinski definition) is 7. The second-order valence-corrected chi connectivity index (χ2v) is 7.20. The van der Waals surface area contributed by atoms with E-state index in [1.165, 1.54) is 6.07 Å². The first-order chi connectivity index (χ1) is 14.7. The van der Waals surface area contributed by atoms with Crippen molar-refractivity contribution >= 4 is 39.2 Å². The Morgan fingerprint density at radius 1 is 1.13 bits per heavy atom. The maximum atomic E-state index is 12.8. The second kappa shape index (κ2) is 10.0. The van der Waals surface area contributed by atoms with Gasteiger partial charge in [0.15, 0.2) is 11.6 Å². The predicted octanol–water partition coefficient (Wildman–Crippen LogP) is 2.66. The lowest BCUT2D eigenvalue weighted by molar-refractivity contribution is -0.274. The van der Waals surface area contributed by atoms with Crippen LogP contribution in [-0.4, -0.2) is 66.1 Å². The van der Waals surface area contributed by atoms with Crippen molar-refractivity contribution in [2.75, 3.05) is 43.5 Å². The molecule has 2 aromatic rings. The molecule has 1 saturated heterocycles. The van der Waals surface area contributed by atoms with Crippen LogP contribution in [-0.2, 0) is 9.53 Å². The average molecular weight is 504 g/mol. The lowest BCUT2D eigenvalue weighted by Crippen LogP contribution is -2.41. The third-order valence-corrected chi connectivity index (χ3v) is 4.51. The van der Waals surface area contributed by atoms with Gasteiger partial charge < -0.3 is 20.1 Å². The van der Waals surface area contributed by atoms with E-state index < -0.39 is 23.9 Å². The molecule has 2 N–H and O–H groups in total. The molecule has 0 aliphatic carbocycles. The van der Waals surface area contributed by atoms with Crippen molar-refractivity contribution in [1.29, 1.82) is 0 Å². The second-order valence-electron chi connectivity index (χ2n) is 6.39. The number of aromatic nitrogens is 2. The Kier molecular flexibility index (Phi) is 7.41. The quantitative estimate of drug-likeness (QED) is 0.624. The van der Waals surface area contributed by atoms with Crippen LogP contribution in [0.25, 0.3) is 0 Å². The number of carbonyl (C=O) groups is 2. The molecule has 1 aromatic heterocycles. The van der Waals surface area contributed by atoms with Crippen LogP contribution in [0.15, 0.2) is 34.9 Å². The number of nitrogens with one attached hydrogen (secondary N) is 2. The topological polar surface area (TPSA) is 106 Å². The molecule has 3 rings (SSSR count). The minimum Gasteiger partial charge on any atom is -0.404 e. The summed E-state index contributed by atoms with van der Waals surface area (Å²) < 4.78 is 47.9. The van der Waals surface area contributed by atoms with Gasteiger partial charge in [-0.25, -0.2) is 0 Å². The molecule has 1 aliphatic heterocycles. The average Bonchev–Trinajstić information content (AvgIpc) is 2.70. The van der Waals surface area contributed by atoms with Crippen LogP contribution in [0.5, 0.6) is 5.75 Å². The van der Waals surface area contributed by atoms with Crippen LogP contribution < -0.4 is 15.4 Å². The van der Waals surface area contributed by atoms with E-state index >= 15 is 0 Å². The molecule has 2 amide bonds. The number of benzene rings is 1. The zero-order valence-electron chi connectivity index (χ0n) is 15.9. The molecule has 2 heterocycles. The summed E-state index contributed by atoms with van der Waals surface area (Å²) in [7, 11) is 0. The summed E-state index contributed by atoms with van der Waals surface area (Å²) in [5, 5.41) is 12.3. The fourth-order valence-electron chi connectivity index (χ4n) is 2.71. The largest absolute Gasteiger partial charge is 0.573 e. The molecular weight excluding hydrogens is 487 g/mol. The molecule has 0 radical (unpaired) electrons. The maximum Gasteiger partial charge on any atom is 0.573 e.